The first-order chi connectivity index (χ1) is 9.84. The second-order valence-electron chi connectivity index (χ2n) is 5.59. The first kappa shape index (κ1) is 15.6. The van der Waals surface area contributed by atoms with Gasteiger partial charge in [0, 0.05) is 30.7 Å². The van der Waals surface area contributed by atoms with E-state index in [4.69, 9.17) is 17.3 Å². The van der Waals surface area contributed by atoms with E-state index in [0.29, 0.717) is 35.9 Å². The lowest BCUT2D eigenvalue weighted by Crippen LogP contribution is -2.48. The van der Waals surface area contributed by atoms with E-state index in [-0.39, 0.29) is 11.9 Å². The average Bonchev–Trinajstić information content (AvgIpc) is 2.85. The molecule has 1 saturated heterocycles. The van der Waals surface area contributed by atoms with Crippen LogP contribution in [0.2, 0.25) is 5.02 Å². The van der Waals surface area contributed by atoms with Gasteiger partial charge in [0.1, 0.15) is 0 Å². The highest BCUT2D eigenvalue weighted by atomic mass is 35.5. The first-order valence-corrected chi connectivity index (χ1v) is 7.09. The van der Waals surface area contributed by atoms with E-state index in [0.717, 1.165) is 0 Å². The van der Waals surface area contributed by atoms with E-state index in [9.17, 15) is 9.59 Å². The Hall–Kier alpha value is -1.79. The molecule has 0 radical (unpaired) electrons. The minimum atomic E-state index is -0.498. The number of anilines is 1. The van der Waals surface area contributed by atoms with Crippen LogP contribution in [-0.4, -0.2) is 37.1 Å². The second-order valence-corrected chi connectivity index (χ2v) is 6.00. The van der Waals surface area contributed by atoms with Crippen molar-refractivity contribution in [3.8, 4) is 0 Å². The predicted octanol–water partition coefficient (Wildman–Crippen LogP) is 1.34. The van der Waals surface area contributed by atoms with E-state index in [2.05, 4.69) is 10.6 Å². The van der Waals surface area contributed by atoms with Crippen molar-refractivity contribution in [3.05, 3.63) is 28.8 Å². The number of amides is 3. The van der Waals surface area contributed by atoms with Crippen LogP contribution in [0.15, 0.2) is 18.2 Å². The second kappa shape index (κ2) is 5.91. The van der Waals surface area contributed by atoms with Gasteiger partial charge in [-0.05, 0) is 32.0 Å². The van der Waals surface area contributed by atoms with Crippen molar-refractivity contribution in [1.29, 1.82) is 0 Å². The van der Waals surface area contributed by atoms with Crippen molar-refractivity contribution >= 4 is 29.2 Å². The highest BCUT2D eigenvalue weighted by Gasteiger charge is 2.25. The van der Waals surface area contributed by atoms with Gasteiger partial charge >= 0.3 is 6.03 Å². The number of carbonyl (C=O) groups excluding carboxylic acids is 2. The molecule has 0 saturated carbocycles. The summed E-state index contributed by atoms with van der Waals surface area (Å²) in [6, 6.07) is 4.65. The molecule has 2 rings (SSSR count). The Morgan fingerprint density at radius 1 is 1.52 bits per heavy atom. The Balaban J connectivity index is 2.26. The van der Waals surface area contributed by atoms with E-state index < -0.39 is 5.54 Å². The Bertz CT molecular complexity index is 574. The number of nitrogens with one attached hydrogen (secondary N) is 2. The number of halogens is 1. The van der Waals surface area contributed by atoms with Crippen molar-refractivity contribution in [3.63, 3.8) is 0 Å². The topological polar surface area (TPSA) is 87.5 Å². The van der Waals surface area contributed by atoms with Crippen molar-refractivity contribution in [2.75, 3.05) is 24.5 Å². The standard InChI is InChI=1S/C14H19ClN4O2/c1-14(2,8-16)18-12(20)9-3-4-10(15)11(7-9)19-6-5-17-13(19)21/h3-4,7H,5-6,8,16H2,1-2H3,(H,17,21)(H,18,20). The van der Waals surface area contributed by atoms with Crippen LogP contribution < -0.4 is 21.3 Å². The quantitative estimate of drug-likeness (QED) is 0.784. The van der Waals surface area contributed by atoms with Crippen LogP contribution in [0.1, 0.15) is 24.2 Å². The van der Waals surface area contributed by atoms with Gasteiger partial charge in [-0.15, -0.1) is 0 Å². The average molecular weight is 311 g/mol. The molecule has 21 heavy (non-hydrogen) atoms. The zero-order chi connectivity index (χ0) is 15.6. The maximum atomic E-state index is 12.3. The number of carbonyl (C=O) groups is 2. The summed E-state index contributed by atoms with van der Waals surface area (Å²) in [5.74, 6) is -0.247. The SMILES string of the molecule is CC(C)(CN)NC(=O)c1ccc(Cl)c(N2CCNC2=O)c1. The summed E-state index contributed by atoms with van der Waals surface area (Å²) < 4.78 is 0. The molecule has 1 aromatic rings. The minimum Gasteiger partial charge on any atom is -0.346 e. The lowest BCUT2D eigenvalue weighted by atomic mass is 10.0. The molecule has 3 amide bonds. The lowest BCUT2D eigenvalue weighted by molar-refractivity contribution is 0.0915. The Labute approximate surface area is 128 Å². The van der Waals surface area contributed by atoms with Crippen molar-refractivity contribution in [2.45, 2.75) is 19.4 Å². The number of nitrogens with two attached hydrogens (primary N) is 1. The first-order valence-electron chi connectivity index (χ1n) is 6.71. The fraction of sp³-hybridized carbons (Fsp3) is 0.429. The lowest BCUT2D eigenvalue weighted by Gasteiger charge is -2.24. The number of hydrogen-bond acceptors (Lipinski definition) is 3. The summed E-state index contributed by atoms with van der Waals surface area (Å²) in [4.78, 5) is 25.5. The third-order valence-electron chi connectivity index (χ3n) is 3.32. The number of urea groups is 1. The summed E-state index contributed by atoms with van der Waals surface area (Å²) in [6.07, 6.45) is 0. The van der Waals surface area contributed by atoms with Gasteiger partial charge in [-0.25, -0.2) is 4.79 Å². The smallest absolute Gasteiger partial charge is 0.322 e. The molecule has 114 valence electrons. The minimum absolute atomic E-state index is 0.211. The van der Waals surface area contributed by atoms with Crippen molar-refractivity contribution in [1.82, 2.24) is 10.6 Å². The van der Waals surface area contributed by atoms with E-state index in [1.54, 1.807) is 18.2 Å². The summed E-state index contributed by atoms with van der Waals surface area (Å²) in [7, 11) is 0. The Morgan fingerprint density at radius 2 is 2.24 bits per heavy atom. The van der Waals surface area contributed by atoms with E-state index in [1.807, 2.05) is 13.8 Å². The zero-order valence-electron chi connectivity index (χ0n) is 12.1. The van der Waals surface area contributed by atoms with Crippen LogP contribution in [0.5, 0.6) is 0 Å². The van der Waals surface area contributed by atoms with Crippen LogP contribution >= 0.6 is 11.6 Å². The van der Waals surface area contributed by atoms with Gasteiger partial charge < -0.3 is 16.4 Å². The predicted molar refractivity (Wildman–Crippen MR) is 82.8 cm³/mol. The molecule has 1 aromatic carbocycles. The van der Waals surface area contributed by atoms with Crippen molar-refractivity contribution in [2.24, 2.45) is 5.73 Å². The van der Waals surface area contributed by atoms with Gasteiger partial charge in [-0.1, -0.05) is 11.6 Å². The summed E-state index contributed by atoms with van der Waals surface area (Å²) >= 11 is 6.13. The molecule has 0 aliphatic carbocycles. The van der Waals surface area contributed by atoms with Gasteiger partial charge in [0.2, 0.25) is 0 Å². The number of nitrogens with zero attached hydrogens (tertiary/aromatic N) is 1. The van der Waals surface area contributed by atoms with Gasteiger partial charge in [0.05, 0.1) is 10.7 Å². The van der Waals surface area contributed by atoms with Crippen LogP contribution in [0.25, 0.3) is 0 Å². The van der Waals surface area contributed by atoms with Gasteiger partial charge in [0.15, 0.2) is 0 Å². The van der Waals surface area contributed by atoms with Crippen LogP contribution in [0.3, 0.4) is 0 Å². The molecule has 6 nitrogen and oxygen atoms in total. The molecule has 0 atom stereocenters. The normalized spacial score (nSPS) is 15.0. The van der Waals surface area contributed by atoms with Gasteiger partial charge in [-0.3, -0.25) is 9.69 Å². The fourth-order valence-corrected chi connectivity index (χ4v) is 2.21. The number of benzene rings is 1. The maximum Gasteiger partial charge on any atom is 0.322 e. The fourth-order valence-electron chi connectivity index (χ4n) is 1.99. The van der Waals surface area contributed by atoms with E-state index >= 15 is 0 Å². The Kier molecular flexibility index (Phi) is 4.39. The van der Waals surface area contributed by atoms with Gasteiger partial charge in [0.25, 0.3) is 5.91 Å². The highest BCUT2D eigenvalue weighted by Crippen LogP contribution is 2.28. The molecule has 1 fully saturated rings. The number of rotatable bonds is 4. The molecule has 1 aliphatic rings. The van der Waals surface area contributed by atoms with E-state index in [1.165, 1.54) is 4.90 Å². The largest absolute Gasteiger partial charge is 0.346 e. The summed E-state index contributed by atoms with van der Waals surface area (Å²) in [5, 5.41) is 5.98. The molecule has 0 aromatic heterocycles. The molecule has 1 aliphatic heterocycles. The molecule has 4 N–H and O–H groups in total. The summed E-state index contributed by atoms with van der Waals surface area (Å²) in [6.45, 7) is 5.10. The molecule has 1 heterocycles. The van der Waals surface area contributed by atoms with Gasteiger partial charge in [-0.2, -0.15) is 0 Å². The van der Waals surface area contributed by atoms with Crippen LogP contribution in [0.4, 0.5) is 10.5 Å². The highest BCUT2D eigenvalue weighted by molar-refractivity contribution is 6.34. The van der Waals surface area contributed by atoms with Crippen molar-refractivity contribution < 1.29 is 9.59 Å². The van der Waals surface area contributed by atoms with Crippen LogP contribution in [-0.2, 0) is 0 Å². The molecule has 0 bridgehead atoms. The third-order valence-corrected chi connectivity index (χ3v) is 3.64. The number of hydrogen-bond donors (Lipinski definition) is 3. The maximum absolute atomic E-state index is 12.3. The Morgan fingerprint density at radius 3 is 2.81 bits per heavy atom. The molecule has 0 unspecified atom stereocenters. The molecular weight excluding hydrogens is 292 g/mol. The molecular formula is C14H19ClN4O2. The molecule has 7 heteroatoms. The molecule has 0 spiro atoms. The third kappa shape index (κ3) is 3.46. The summed E-state index contributed by atoms with van der Waals surface area (Å²) in [5.41, 5.74) is 6.08. The van der Waals surface area contributed by atoms with Crippen LogP contribution in [0, 0.1) is 0 Å². The monoisotopic (exact) mass is 310 g/mol. The zero-order valence-corrected chi connectivity index (χ0v) is 12.8.